The van der Waals surface area contributed by atoms with Crippen LogP contribution in [0.2, 0.25) is 0 Å². The van der Waals surface area contributed by atoms with Gasteiger partial charge in [-0.05, 0) is 50.2 Å². The zero-order chi connectivity index (χ0) is 18.7. The molecule has 0 unspecified atom stereocenters. The van der Waals surface area contributed by atoms with Crippen LogP contribution in [0, 0.1) is 12.8 Å². The van der Waals surface area contributed by atoms with Gasteiger partial charge in [-0.2, -0.15) is 0 Å². The highest BCUT2D eigenvalue weighted by molar-refractivity contribution is 5.99. The number of hydrogen-bond acceptors (Lipinski definition) is 3. The molecule has 142 valence electrons. The van der Waals surface area contributed by atoms with Crippen LogP contribution >= 0.6 is 0 Å². The van der Waals surface area contributed by atoms with Crippen molar-refractivity contribution in [1.82, 2.24) is 10.2 Å². The molecule has 1 aromatic rings. The van der Waals surface area contributed by atoms with Crippen LogP contribution in [0.5, 0.6) is 0 Å². The Morgan fingerprint density at radius 1 is 1.23 bits per heavy atom. The van der Waals surface area contributed by atoms with Crippen molar-refractivity contribution in [2.24, 2.45) is 5.92 Å². The first-order valence-corrected chi connectivity index (χ1v) is 9.75. The summed E-state index contributed by atoms with van der Waals surface area (Å²) in [5, 5.41) is 2.98. The highest BCUT2D eigenvalue weighted by Crippen LogP contribution is 2.41. The Bertz CT molecular complexity index is 665. The topological polar surface area (TPSA) is 58.6 Å². The Kier molecular flexibility index (Phi) is 5.66. The predicted octanol–water partition coefficient (Wildman–Crippen LogP) is 3.27. The molecule has 0 bridgehead atoms. The van der Waals surface area contributed by atoms with Crippen LogP contribution in [0.25, 0.3) is 0 Å². The Hall–Kier alpha value is -1.88. The molecule has 1 atom stereocenters. The van der Waals surface area contributed by atoms with Gasteiger partial charge in [0.05, 0.1) is 6.61 Å². The molecule has 1 saturated carbocycles. The van der Waals surface area contributed by atoms with E-state index in [4.69, 9.17) is 4.74 Å². The van der Waals surface area contributed by atoms with Crippen molar-refractivity contribution in [3.63, 3.8) is 0 Å². The standard InChI is InChI=1S/C21H30N2O3/c1-15(2)13-22-19(24)18-14-26-21(11-7-4-8-12-21)23(18)20(25)17-10-6-5-9-16(17)3/h5-6,9-10,15,18H,4,7-8,11-14H2,1-3H3,(H,22,24)/t18-/m1/s1. The molecule has 1 N–H and O–H groups in total. The summed E-state index contributed by atoms with van der Waals surface area (Å²) in [5.41, 5.74) is 0.957. The smallest absolute Gasteiger partial charge is 0.257 e. The second-order valence-corrected chi connectivity index (χ2v) is 7.96. The largest absolute Gasteiger partial charge is 0.354 e. The molecule has 1 aliphatic heterocycles. The van der Waals surface area contributed by atoms with Crippen molar-refractivity contribution < 1.29 is 14.3 Å². The van der Waals surface area contributed by atoms with E-state index >= 15 is 0 Å². The van der Waals surface area contributed by atoms with Gasteiger partial charge < -0.3 is 10.1 Å². The highest BCUT2D eigenvalue weighted by atomic mass is 16.5. The summed E-state index contributed by atoms with van der Waals surface area (Å²) >= 11 is 0. The van der Waals surface area contributed by atoms with Gasteiger partial charge in [-0.15, -0.1) is 0 Å². The van der Waals surface area contributed by atoms with Crippen molar-refractivity contribution in [2.75, 3.05) is 13.2 Å². The first kappa shape index (κ1) is 18.9. The van der Waals surface area contributed by atoms with E-state index in [9.17, 15) is 9.59 Å². The van der Waals surface area contributed by atoms with Crippen molar-refractivity contribution in [3.05, 3.63) is 35.4 Å². The Balaban J connectivity index is 1.91. The summed E-state index contributed by atoms with van der Waals surface area (Å²) in [6.45, 7) is 6.94. The monoisotopic (exact) mass is 358 g/mol. The summed E-state index contributed by atoms with van der Waals surface area (Å²) in [6.07, 6.45) is 4.81. The number of benzene rings is 1. The minimum Gasteiger partial charge on any atom is -0.354 e. The maximum atomic E-state index is 13.5. The minimum atomic E-state index is -0.628. The van der Waals surface area contributed by atoms with Gasteiger partial charge in [-0.25, -0.2) is 0 Å². The van der Waals surface area contributed by atoms with E-state index in [-0.39, 0.29) is 18.4 Å². The lowest BCUT2D eigenvalue weighted by Gasteiger charge is -2.41. The average molecular weight is 358 g/mol. The predicted molar refractivity (Wildman–Crippen MR) is 101 cm³/mol. The molecule has 3 rings (SSSR count). The number of nitrogens with one attached hydrogen (secondary N) is 1. The van der Waals surface area contributed by atoms with Crippen LogP contribution in [-0.4, -0.2) is 41.6 Å². The molecule has 5 heteroatoms. The van der Waals surface area contributed by atoms with Gasteiger partial charge in [-0.1, -0.05) is 38.5 Å². The third-order valence-corrected chi connectivity index (χ3v) is 5.48. The van der Waals surface area contributed by atoms with E-state index in [1.165, 1.54) is 0 Å². The van der Waals surface area contributed by atoms with Crippen LogP contribution in [0.4, 0.5) is 0 Å². The van der Waals surface area contributed by atoms with Gasteiger partial charge in [0.25, 0.3) is 5.91 Å². The molecule has 5 nitrogen and oxygen atoms in total. The van der Waals surface area contributed by atoms with Crippen LogP contribution in [-0.2, 0) is 9.53 Å². The number of ether oxygens (including phenoxy) is 1. The van der Waals surface area contributed by atoms with Gasteiger partial charge in [0, 0.05) is 12.1 Å². The molecule has 1 aliphatic carbocycles. The molecule has 0 aromatic heterocycles. The fourth-order valence-electron chi connectivity index (χ4n) is 4.04. The second kappa shape index (κ2) is 7.78. The fraction of sp³-hybridized carbons (Fsp3) is 0.619. The van der Waals surface area contributed by atoms with E-state index in [2.05, 4.69) is 19.2 Å². The zero-order valence-corrected chi connectivity index (χ0v) is 16.1. The fourth-order valence-corrected chi connectivity index (χ4v) is 4.04. The maximum Gasteiger partial charge on any atom is 0.257 e. The van der Waals surface area contributed by atoms with E-state index < -0.39 is 11.8 Å². The van der Waals surface area contributed by atoms with E-state index in [1.54, 1.807) is 4.90 Å². The molecule has 2 amide bonds. The molecule has 26 heavy (non-hydrogen) atoms. The summed E-state index contributed by atoms with van der Waals surface area (Å²) in [6, 6.07) is 7.02. The normalized spacial score (nSPS) is 22.0. The lowest BCUT2D eigenvalue weighted by molar-refractivity contribution is -0.127. The molecule has 2 fully saturated rings. The third-order valence-electron chi connectivity index (χ3n) is 5.48. The van der Waals surface area contributed by atoms with Crippen molar-refractivity contribution in [2.45, 2.75) is 64.6 Å². The first-order valence-electron chi connectivity index (χ1n) is 9.75. The van der Waals surface area contributed by atoms with Crippen molar-refractivity contribution in [3.8, 4) is 0 Å². The quantitative estimate of drug-likeness (QED) is 0.899. The Morgan fingerprint density at radius 3 is 2.58 bits per heavy atom. The van der Waals surface area contributed by atoms with Crippen LogP contribution < -0.4 is 5.32 Å². The van der Waals surface area contributed by atoms with Gasteiger partial charge in [-0.3, -0.25) is 14.5 Å². The number of aryl methyl sites for hydroxylation is 1. The van der Waals surface area contributed by atoms with E-state index in [1.807, 2.05) is 31.2 Å². The Morgan fingerprint density at radius 2 is 1.92 bits per heavy atom. The number of rotatable bonds is 4. The molecule has 1 saturated heterocycles. The number of nitrogens with zero attached hydrogens (tertiary/aromatic N) is 1. The highest BCUT2D eigenvalue weighted by Gasteiger charge is 2.53. The number of carbonyl (C=O) groups is 2. The Labute approximate surface area is 156 Å². The van der Waals surface area contributed by atoms with Crippen LogP contribution in [0.3, 0.4) is 0 Å². The summed E-state index contributed by atoms with van der Waals surface area (Å²) in [4.78, 5) is 28.0. The second-order valence-electron chi connectivity index (χ2n) is 7.96. The maximum absolute atomic E-state index is 13.5. The van der Waals surface area contributed by atoms with Crippen LogP contribution in [0.15, 0.2) is 24.3 Å². The van der Waals surface area contributed by atoms with Gasteiger partial charge >= 0.3 is 0 Å². The molecular weight excluding hydrogens is 328 g/mol. The van der Waals surface area contributed by atoms with Crippen molar-refractivity contribution >= 4 is 11.8 Å². The number of hydrogen-bond donors (Lipinski definition) is 1. The van der Waals surface area contributed by atoms with Gasteiger partial charge in [0.15, 0.2) is 0 Å². The number of amides is 2. The lowest BCUT2D eigenvalue weighted by Crippen LogP contribution is -2.56. The molecule has 0 radical (unpaired) electrons. The third kappa shape index (κ3) is 3.63. The van der Waals surface area contributed by atoms with Gasteiger partial charge in [0.1, 0.15) is 11.8 Å². The summed E-state index contributed by atoms with van der Waals surface area (Å²) in [7, 11) is 0. The van der Waals surface area contributed by atoms with E-state index in [0.29, 0.717) is 18.0 Å². The zero-order valence-electron chi connectivity index (χ0n) is 16.1. The molecular formula is C21H30N2O3. The number of carbonyl (C=O) groups excluding carboxylic acids is 2. The minimum absolute atomic E-state index is 0.0906. The molecule has 1 spiro atoms. The SMILES string of the molecule is Cc1ccccc1C(=O)N1[C@@H](C(=O)NCC(C)C)COC12CCCCC2. The van der Waals surface area contributed by atoms with Crippen LogP contribution in [0.1, 0.15) is 61.9 Å². The van der Waals surface area contributed by atoms with Crippen molar-refractivity contribution in [1.29, 1.82) is 0 Å². The summed E-state index contributed by atoms with van der Waals surface area (Å²) in [5.74, 6) is 0.167. The lowest BCUT2D eigenvalue weighted by atomic mass is 9.89. The van der Waals surface area contributed by atoms with E-state index in [0.717, 1.165) is 37.7 Å². The molecule has 2 aliphatic rings. The molecule has 1 aromatic carbocycles. The van der Waals surface area contributed by atoms with Gasteiger partial charge in [0.2, 0.25) is 5.91 Å². The summed E-state index contributed by atoms with van der Waals surface area (Å²) < 4.78 is 6.16. The average Bonchev–Trinajstić information content (AvgIpc) is 2.98. The molecule has 1 heterocycles. The first-order chi connectivity index (χ1) is 12.4.